The number of carbonyl (C=O) groups is 2. The van der Waals surface area contributed by atoms with Gasteiger partial charge in [0.15, 0.2) is 12.4 Å². The lowest BCUT2D eigenvalue weighted by atomic mass is 9.78. The standard InChI is InChI=1S/C36H64N2O10/c1-14-28-36(10,42)31-21(3)17-38(13)22(4)16-35(9,44-19-20(2)18-43-31)32(24(6)29(40)25(7)33(41)47-28)48-34-30(46-26(8)39)27(37(11)12)15-23(5)45-34/h21-25,27-32,34,40,42H,2,14-19H2,1,3-13H3/t21-,22+,23+,24-,25+,27-,28+,29-,30+,31+,32+,34-,35+,36+/m0/s1. The number of hydrogen-bond acceptors (Lipinski definition) is 12. The zero-order valence-corrected chi connectivity index (χ0v) is 31.4. The summed E-state index contributed by atoms with van der Waals surface area (Å²) in [6.45, 7) is 21.4. The van der Waals surface area contributed by atoms with Crippen LogP contribution in [0.4, 0.5) is 0 Å². The van der Waals surface area contributed by atoms with Gasteiger partial charge in [0, 0.05) is 25.4 Å². The second kappa shape index (κ2) is 16.6. The van der Waals surface area contributed by atoms with Crippen LogP contribution >= 0.6 is 0 Å². The molecule has 0 aliphatic carbocycles. The van der Waals surface area contributed by atoms with Crippen LogP contribution in [0.15, 0.2) is 12.2 Å². The van der Waals surface area contributed by atoms with Crippen molar-refractivity contribution in [3.05, 3.63) is 12.2 Å². The van der Waals surface area contributed by atoms with Gasteiger partial charge < -0.3 is 48.4 Å². The Labute approximate surface area is 288 Å². The minimum absolute atomic E-state index is 0.0569. The number of carbonyl (C=O) groups excluding carboxylic acids is 2. The molecule has 0 spiro atoms. The molecule has 278 valence electrons. The van der Waals surface area contributed by atoms with E-state index in [-0.39, 0.29) is 37.3 Å². The van der Waals surface area contributed by atoms with Crippen LogP contribution in [0.1, 0.15) is 81.6 Å². The van der Waals surface area contributed by atoms with Gasteiger partial charge in [0.05, 0.1) is 55.2 Å². The summed E-state index contributed by atoms with van der Waals surface area (Å²) >= 11 is 0. The van der Waals surface area contributed by atoms with Gasteiger partial charge in [-0.2, -0.15) is 0 Å². The molecule has 0 unspecified atom stereocenters. The van der Waals surface area contributed by atoms with Gasteiger partial charge in [0.25, 0.3) is 0 Å². The summed E-state index contributed by atoms with van der Waals surface area (Å²) in [5, 5.41) is 23.9. The monoisotopic (exact) mass is 684 g/mol. The highest BCUT2D eigenvalue weighted by molar-refractivity contribution is 5.73. The number of esters is 2. The maximum absolute atomic E-state index is 13.7. The molecule has 2 bridgehead atoms. The zero-order chi connectivity index (χ0) is 36.3. The van der Waals surface area contributed by atoms with E-state index in [2.05, 4.69) is 18.4 Å². The van der Waals surface area contributed by atoms with Crippen molar-refractivity contribution in [3.63, 3.8) is 0 Å². The molecule has 4 aliphatic rings. The second-order valence-electron chi connectivity index (χ2n) is 15.5. The van der Waals surface area contributed by atoms with Crippen LogP contribution in [0.25, 0.3) is 0 Å². The minimum atomic E-state index is -1.54. The Morgan fingerprint density at radius 3 is 2.38 bits per heavy atom. The van der Waals surface area contributed by atoms with E-state index >= 15 is 0 Å². The van der Waals surface area contributed by atoms with Crippen molar-refractivity contribution < 1.29 is 48.2 Å². The molecule has 2 N–H and O–H groups in total. The Morgan fingerprint density at radius 1 is 1.15 bits per heavy atom. The third-order valence-electron chi connectivity index (χ3n) is 10.8. The summed E-state index contributed by atoms with van der Waals surface area (Å²) < 4.78 is 38.4. The quantitative estimate of drug-likeness (QED) is 0.325. The molecule has 12 nitrogen and oxygen atoms in total. The van der Waals surface area contributed by atoms with Crippen molar-refractivity contribution in [2.45, 2.75) is 148 Å². The highest BCUT2D eigenvalue weighted by atomic mass is 16.7. The number of rotatable bonds is 5. The Kier molecular flexibility index (Phi) is 14.1. The molecule has 0 aromatic carbocycles. The fourth-order valence-electron chi connectivity index (χ4n) is 7.90. The van der Waals surface area contributed by atoms with Crippen molar-refractivity contribution in [2.24, 2.45) is 17.8 Å². The van der Waals surface area contributed by atoms with Gasteiger partial charge in [-0.1, -0.05) is 27.4 Å². The van der Waals surface area contributed by atoms with Gasteiger partial charge in [-0.05, 0) is 86.5 Å². The number of aliphatic hydroxyl groups excluding tert-OH is 1. The van der Waals surface area contributed by atoms with E-state index in [0.29, 0.717) is 31.4 Å². The summed E-state index contributed by atoms with van der Waals surface area (Å²) in [5.74, 6) is -2.94. The van der Waals surface area contributed by atoms with Gasteiger partial charge in [0.2, 0.25) is 0 Å². The van der Waals surface area contributed by atoms with Crippen molar-refractivity contribution in [2.75, 3.05) is 40.9 Å². The van der Waals surface area contributed by atoms with Crippen LogP contribution in [0.2, 0.25) is 0 Å². The van der Waals surface area contributed by atoms with Crippen molar-refractivity contribution >= 4 is 11.9 Å². The summed E-state index contributed by atoms with van der Waals surface area (Å²) in [5.41, 5.74) is -1.94. The maximum atomic E-state index is 13.7. The molecule has 48 heavy (non-hydrogen) atoms. The molecule has 0 amide bonds. The molecule has 4 rings (SSSR count). The molecule has 0 saturated carbocycles. The summed E-state index contributed by atoms with van der Waals surface area (Å²) in [6, 6.07) is -0.252. The SMILES string of the molecule is C=C1CO[C@@H]2[C@@H](C)CN(C)[C@H](C)C[C@@](C)(OC1)[C@H](O[C@@H]1O[C@H](C)C[C@H](N(C)C)[C@H]1OC(C)=O)[C@@H](C)[C@H](O)[C@@H](C)C(=O)O[C@H](CC)[C@@]2(C)O. The average Bonchev–Trinajstić information content (AvgIpc) is 2.99. The van der Waals surface area contributed by atoms with E-state index in [0.717, 1.165) is 0 Å². The highest BCUT2D eigenvalue weighted by Gasteiger charge is 2.52. The topological polar surface area (TPSA) is 136 Å². The molecule has 4 saturated heterocycles. The summed E-state index contributed by atoms with van der Waals surface area (Å²) in [4.78, 5) is 30.3. The Morgan fingerprint density at radius 2 is 1.79 bits per heavy atom. The molecule has 0 aromatic rings. The third kappa shape index (κ3) is 9.37. The Hall–Kier alpha value is -1.64. The first-order valence-corrected chi connectivity index (χ1v) is 17.6. The lowest BCUT2D eigenvalue weighted by Gasteiger charge is -2.49. The first-order valence-electron chi connectivity index (χ1n) is 17.6. The first kappa shape index (κ1) is 40.8. The Bertz CT molecular complexity index is 1100. The summed E-state index contributed by atoms with van der Waals surface area (Å²) in [6.07, 6.45) is -4.22. The van der Waals surface area contributed by atoms with Crippen molar-refractivity contribution in [3.8, 4) is 0 Å². The molecule has 4 fully saturated rings. The number of likely N-dealkylation sites (N-methyl/N-ethyl adjacent to an activating group) is 1. The van der Waals surface area contributed by atoms with Crippen molar-refractivity contribution in [1.29, 1.82) is 0 Å². The van der Waals surface area contributed by atoms with E-state index in [1.165, 1.54) is 6.92 Å². The largest absolute Gasteiger partial charge is 0.459 e. The predicted octanol–water partition coefficient (Wildman–Crippen LogP) is 3.16. The normalized spacial score (nSPS) is 44.6. The van der Waals surface area contributed by atoms with Gasteiger partial charge in [-0.3, -0.25) is 9.59 Å². The lowest BCUT2D eigenvalue weighted by molar-refractivity contribution is -0.305. The van der Waals surface area contributed by atoms with E-state index in [9.17, 15) is 19.8 Å². The fourth-order valence-corrected chi connectivity index (χ4v) is 7.90. The van der Waals surface area contributed by atoms with Crippen LogP contribution in [-0.4, -0.2) is 139 Å². The fraction of sp³-hybridized carbons (Fsp3) is 0.889. The van der Waals surface area contributed by atoms with Crippen LogP contribution < -0.4 is 0 Å². The van der Waals surface area contributed by atoms with E-state index in [4.69, 9.17) is 28.4 Å². The second-order valence-corrected chi connectivity index (χ2v) is 15.5. The van der Waals surface area contributed by atoms with E-state index < -0.39 is 71.8 Å². The number of aliphatic hydroxyl groups is 2. The molecule has 4 aliphatic heterocycles. The van der Waals surface area contributed by atoms with Crippen LogP contribution in [0, 0.1) is 17.8 Å². The third-order valence-corrected chi connectivity index (χ3v) is 10.8. The molecule has 14 atom stereocenters. The molecular weight excluding hydrogens is 620 g/mol. The van der Waals surface area contributed by atoms with Crippen LogP contribution in [0.5, 0.6) is 0 Å². The lowest BCUT2D eigenvalue weighted by Crippen LogP contribution is -2.61. The molecule has 12 heteroatoms. The summed E-state index contributed by atoms with van der Waals surface area (Å²) in [7, 11) is 5.87. The van der Waals surface area contributed by atoms with Gasteiger partial charge >= 0.3 is 11.9 Å². The maximum Gasteiger partial charge on any atom is 0.311 e. The number of fused-ring (bicyclic) bond motifs is 15. The van der Waals surface area contributed by atoms with E-state index in [1.807, 2.05) is 60.7 Å². The van der Waals surface area contributed by atoms with E-state index in [1.54, 1.807) is 13.8 Å². The number of ether oxygens (including phenoxy) is 6. The first-order chi connectivity index (χ1) is 22.2. The zero-order valence-electron chi connectivity index (χ0n) is 31.4. The predicted molar refractivity (Wildman–Crippen MR) is 181 cm³/mol. The van der Waals surface area contributed by atoms with Crippen LogP contribution in [0.3, 0.4) is 0 Å². The number of nitrogens with zero attached hydrogens (tertiary/aromatic N) is 2. The minimum Gasteiger partial charge on any atom is -0.459 e. The smallest absolute Gasteiger partial charge is 0.311 e. The Balaban J connectivity index is 2.22. The molecule has 4 heterocycles. The highest BCUT2D eigenvalue weighted by Crippen LogP contribution is 2.39. The van der Waals surface area contributed by atoms with Gasteiger partial charge in [-0.15, -0.1) is 0 Å². The van der Waals surface area contributed by atoms with Gasteiger partial charge in [0.1, 0.15) is 11.7 Å². The molecule has 0 radical (unpaired) electrons. The number of hydrogen-bond donors (Lipinski definition) is 2. The molecule has 0 aromatic heterocycles. The van der Waals surface area contributed by atoms with Crippen molar-refractivity contribution in [1.82, 2.24) is 9.80 Å². The van der Waals surface area contributed by atoms with Gasteiger partial charge in [-0.25, -0.2) is 0 Å². The average molecular weight is 685 g/mol. The van der Waals surface area contributed by atoms with Crippen LogP contribution in [-0.2, 0) is 38.0 Å². The molecular formula is C36H64N2O10.